The molecule has 138 valence electrons. The van der Waals surface area contributed by atoms with Crippen molar-refractivity contribution in [2.45, 2.75) is 26.7 Å². The lowest BCUT2D eigenvalue weighted by atomic mass is 10.0. The molecule has 27 heavy (non-hydrogen) atoms. The third kappa shape index (κ3) is 4.30. The van der Waals surface area contributed by atoms with Gasteiger partial charge in [-0.15, -0.1) is 0 Å². The van der Waals surface area contributed by atoms with E-state index in [0.717, 1.165) is 24.0 Å². The molecule has 0 aromatic heterocycles. The monoisotopic (exact) mass is 366 g/mol. The first-order chi connectivity index (χ1) is 13.0. The van der Waals surface area contributed by atoms with Crippen LogP contribution in [0.5, 0.6) is 0 Å². The van der Waals surface area contributed by atoms with Gasteiger partial charge in [-0.05, 0) is 41.7 Å². The number of rotatable bonds is 5. The summed E-state index contributed by atoms with van der Waals surface area (Å²) in [5.74, 6) is -1.91. The molecule has 0 nitrogen and oxygen atoms in total. The van der Waals surface area contributed by atoms with Gasteiger partial charge >= 0.3 is 0 Å². The van der Waals surface area contributed by atoms with Crippen LogP contribution in [0.2, 0.25) is 0 Å². The Balaban J connectivity index is 1.80. The number of hydrogen-bond donors (Lipinski definition) is 0. The van der Waals surface area contributed by atoms with Gasteiger partial charge in [0, 0.05) is 11.1 Å². The number of halogens is 3. The summed E-state index contributed by atoms with van der Waals surface area (Å²) in [4.78, 5) is 0. The van der Waals surface area contributed by atoms with Crippen LogP contribution in [0.15, 0.2) is 54.6 Å². The van der Waals surface area contributed by atoms with Gasteiger partial charge in [0.05, 0.1) is 0 Å². The third-order valence-electron chi connectivity index (χ3n) is 4.56. The van der Waals surface area contributed by atoms with Gasteiger partial charge in [0.25, 0.3) is 0 Å². The Morgan fingerprint density at radius 3 is 2.22 bits per heavy atom. The average Bonchev–Trinajstić information content (AvgIpc) is 2.66. The van der Waals surface area contributed by atoms with E-state index in [9.17, 15) is 13.2 Å². The van der Waals surface area contributed by atoms with E-state index in [0.29, 0.717) is 11.1 Å². The quantitative estimate of drug-likeness (QED) is 0.419. The highest BCUT2D eigenvalue weighted by atomic mass is 19.2. The molecule has 0 unspecified atom stereocenters. The zero-order valence-corrected chi connectivity index (χ0v) is 15.4. The molecule has 3 heteroatoms. The van der Waals surface area contributed by atoms with Gasteiger partial charge in [-0.2, -0.15) is 0 Å². The van der Waals surface area contributed by atoms with Crippen LogP contribution in [0.25, 0.3) is 23.3 Å². The lowest BCUT2D eigenvalue weighted by Crippen LogP contribution is -1.93. The first kappa shape index (κ1) is 19.0. The van der Waals surface area contributed by atoms with Gasteiger partial charge in [0.2, 0.25) is 0 Å². The molecule has 3 aromatic rings. The normalized spacial score (nSPS) is 11.3. The van der Waals surface area contributed by atoms with Crippen molar-refractivity contribution in [1.29, 1.82) is 0 Å². The van der Waals surface area contributed by atoms with E-state index in [-0.39, 0.29) is 16.9 Å². The van der Waals surface area contributed by atoms with Crippen molar-refractivity contribution < 1.29 is 13.2 Å². The molecule has 0 radical (unpaired) electrons. The van der Waals surface area contributed by atoms with Crippen LogP contribution in [0.3, 0.4) is 0 Å². The Hall–Kier alpha value is -2.81. The second kappa shape index (κ2) is 8.26. The minimum Gasteiger partial charge on any atom is -0.206 e. The summed E-state index contributed by atoms with van der Waals surface area (Å²) < 4.78 is 42.0. The smallest absolute Gasteiger partial charge is 0.166 e. The van der Waals surface area contributed by atoms with Crippen LogP contribution < -0.4 is 0 Å². The molecular weight excluding hydrogens is 345 g/mol. The predicted octanol–water partition coefficient (Wildman–Crippen LogP) is 7.20. The Kier molecular flexibility index (Phi) is 5.80. The molecule has 0 aliphatic rings. The van der Waals surface area contributed by atoms with E-state index in [2.05, 4.69) is 6.92 Å². The summed E-state index contributed by atoms with van der Waals surface area (Å²) in [5.41, 5.74) is 3.46. The van der Waals surface area contributed by atoms with Gasteiger partial charge in [-0.25, -0.2) is 13.2 Å². The maximum Gasteiger partial charge on any atom is 0.166 e. The van der Waals surface area contributed by atoms with E-state index in [1.165, 1.54) is 6.92 Å². The molecule has 0 N–H and O–H groups in total. The summed E-state index contributed by atoms with van der Waals surface area (Å²) in [6, 6.07) is 15.5. The van der Waals surface area contributed by atoms with Crippen LogP contribution in [-0.2, 0) is 6.42 Å². The first-order valence-corrected chi connectivity index (χ1v) is 9.01. The van der Waals surface area contributed by atoms with Gasteiger partial charge in [0.1, 0.15) is 5.82 Å². The van der Waals surface area contributed by atoms with E-state index >= 15 is 0 Å². The maximum atomic E-state index is 14.1. The highest BCUT2D eigenvalue weighted by molar-refractivity contribution is 5.72. The largest absolute Gasteiger partial charge is 0.206 e. The minimum atomic E-state index is -0.840. The molecule has 0 aliphatic heterocycles. The van der Waals surface area contributed by atoms with Crippen molar-refractivity contribution in [3.05, 3.63) is 94.3 Å². The second-order valence-corrected chi connectivity index (χ2v) is 6.62. The van der Waals surface area contributed by atoms with Gasteiger partial charge in [0.15, 0.2) is 11.6 Å². The molecule has 0 fully saturated rings. The predicted molar refractivity (Wildman–Crippen MR) is 106 cm³/mol. The zero-order valence-electron chi connectivity index (χ0n) is 15.4. The van der Waals surface area contributed by atoms with Gasteiger partial charge in [-0.1, -0.05) is 74.0 Å². The van der Waals surface area contributed by atoms with Crippen molar-refractivity contribution in [3.63, 3.8) is 0 Å². The lowest BCUT2D eigenvalue weighted by Gasteiger charge is -2.07. The molecule has 3 aromatic carbocycles. The molecular formula is C24H21F3. The highest BCUT2D eigenvalue weighted by Crippen LogP contribution is 2.27. The fourth-order valence-electron chi connectivity index (χ4n) is 2.98. The van der Waals surface area contributed by atoms with Crippen LogP contribution in [0.4, 0.5) is 13.2 Å². The van der Waals surface area contributed by atoms with Crippen molar-refractivity contribution >= 4 is 12.2 Å². The molecule has 0 atom stereocenters. The average molecular weight is 366 g/mol. The summed E-state index contributed by atoms with van der Waals surface area (Å²) in [5, 5.41) is 0. The SMILES string of the molecule is CCCc1ccc(/C=C/c2ccc(-c3ccc(C)c(F)c3F)cc2)c(F)c1. The Labute approximate surface area is 158 Å². The summed E-state index contributed by atoms with van der Waals surface area (Å²) >= 11 is 0. The van der Waals surface area contributed by atoms with Crippen LogP contribution in [0, 0.1) is 24.4 Å². The number of aryl methyl sites for hydroxylation is 2. The molecule has 0 heterocycles. The van der Waals surface area contributed by atoms with Crippen LogP contribution in [0.1, 0.15) is 35.6 Å². The van der Waals surface area contributed by atoms with Gasteiger partial charge in [-0.3, -0.25) is 0 Å². The highest BCUT2D eigenvalue weighted by Gasteiger charge is 2.12. The Morgan fingerprint density at radius 2 is 1.56 bits per heavy atom. The molecule has 0 aliphatic carbocycles. The van der Waals surface area contributed by atoms with E-state index < -0.39 is 11.6 Å². The topological polar surface area (TPSA) is 0 Å². The fraction of sp³-hybridized carbons (Fsp3) is 0.167. The van der Waals surface area contributed by atoms with E-state index in [1.807, 2.05) is 6.07 Å². The molecule has 0 saturated heterocycles. The molecule has 0 saturated carbocycles. The van der Waals surface area contributed by atoms with Crippen molar-refractivity contribution in [1.82, 2.24) is 0 Å². The summed E-state index contributed by atoms with van der Waals surface area (Å²) in [6.45, 7) is 3.59. The lowest BCUT2D eigenvalue weighted by molar-refractivity contribution is 0.505. The van der Waals surface area contributed by atoms with E-state index in [4.69, 9.17) is 0 Å². The Morgan fingerprint density at radius 1 is 0.815 bits per heavy atom. The number of benzene rings is 3. The van der Waals surface area contributed by atoms with Crippen molar-refractivity contribution in [2.75, 3.05) is 0 Å². The minimum absolute atomic E-state index is 0.228. The number of hydrogen-bond acceptors (Lipinski definition) is 0. The van der Waals surface area contributed by atoms with E-state index in [1.54, 1.807) is 60.7 Å². The Bertz CT molecular complexity index is 970. The third-order valence-corrected chi connectivity index (χ3v) is 4.56. The molecule has 0 spiro atoms. The fourth-order valence-corrected chi connectivity index (χ4v) is 2.98. The molecule has 0 amide bonds. The van der Waals surface area contributed by atoms with Crippen molar-refractivity contribution in [3.8, 4) is 11.1 Å². The molecule has 0 bridgehead atoms. The standard InChI is InChI=1S/C24H21F3/c1-3-4-18-9-13-20(22(25)15-18)12-8-17-6-10-19(11-7-17)21-14-5-16(2)23(26)24(21)27/h5-15H,3-4H2,1-2H3/b12-8+. The maximum absolute atomic E-state index is 14.1. The van der Waals surface area contributed by atoms with Crippen molar-refractivity contribution in [2.24, 2.45) is 0 Å². The molecule has 3 rings (SSSR count). The van der Waals surface area contributed by atoms with Gasteiger partial charge < -0.3 is 0 Å². The van der Waals surface area contributed by atoms with Crippen LogP contribution >= 0.6 is 0 Å². The zero-order chi connectivity index (χ0) is 19.4. The second-order valence-electron chi connectivity index (χ2n) is 6.62. The summed E-state index contributed by atoms with van der Waals surface area (Å²) in [6.07, 6.45) is 5.35. The van der Waals surface area contributed by atoms with Crippen LogP contribution in [-0.4, -0.2) is 0 Å². The first-order valence-electron chi connectivity index (χ1n) is 9.01. The summed E-state index contributed by atoms with van der Waals surface area (Å²) in [7, 11) is 0.